The average molecular weight is 291 g/mol. The summed E-state index contributed by atoms with van der Waals surface area (Å²) in [5.41, 5.74) is 5.76. The van der Waals surface area contributed by atoms with Gasteiger partial charge in [-0.25, -0.2) is 4.39 Å². The van der Waals surface area contributed by atoms with Gasteiger partial charge in [0, 0.05) is 23.4 Å². The Labute approximate surface area is 118 Å². The predicted octanol–water partition coefficient (Wildman–Crippen LogP) is 1.40. The third kappa shape index (κ3) is 3.07. The first kappa shape index (κ1) is 13.9. The number of pyridine rings is 1. The minimum absolute atomic E-state index is 0.0364. The summed E-state index contributed by atoms with van der Waals surface area (Å²) in [6, 6.07) is 6.26. The molecule has 0 saturated carbocycles. The molecule has 2 rings (SSSR count). The van der Waals surface area contributed by atoms with Gasteiger partial charge >= 0.3 is 0 Å². The van der Waals surface area contributed by atoms with Crippen molar-refractivity contribution in [2.45, 2.75) is 0 Å². The third-order valence-electron chi connectivity index (χ3n) is 2.53. The van der Waals surface area contributed by atoms with Crippen molar-refractivity contribution in [2.75, 3.05) is 5.32 Å². The number of halogens is 1. The van der Waals surface area contributed by atoms with Crippen LogP contribution in [0.25, 0.3) is 0 Å². The van der Waals surface area contributed by atoms with Crippen LogP contribution in [0.2, 0.25) is 0 Å². The van der Waals surface area contributed by atoms with Gasteiger partial charge in [-0.15, -0.1) is 0 Å². The SMILES string of the molecule is NC(=S)c1cc(F)ccc1NC(=O)c1cc[nH]c(=O)c1. The van der Waals surface area contributed by atoms with E-state index in [0.717, 1.165) is 12.1 Å². The fraction of sp³-hybridized carbons (Fsp3) is 0. The molecule has 0 aliphatic rings. The van der Waals surface area contributed by atoms with E-state index < -0.39 is 17.3 Å². The van der Waals surface area contributed by atoms with Crippen molar-refractivity contribution in [2.24, 2.45) is 5.73 Å². The third-order valence-corrected chi connectivity index (χ3v) is 2.75. The molecule has 0 radical (unpaired) electrons. The first-order valence-corrected chi connectivity index (χ1v) is 5.97. The number of hydrogen-bond donors (Lipinski definition) is 3. The summed E-state index contributed by atoms with van der Waals surface area (Å²) in [6.07, 6.45) is 1.36. The zero-order chi connectivity index (χ0) is 14.7. The fourth-order valence-electron chi connectivity index (χ4n) is 1.61. The lowest BCUT2D eigenvalue weighted by Crippen LogP contribution is -2.19. The summed E-state index contributed by atoms with van der Waals surface area (Å²) in [6.45, 7) is 0. The summed E-state index contributed by atoms with van der Waals surface area (Å²) in [4.78, 5) is 25.5. The van der Waals surface area contributed by atoms with Gasteiger partial charge in [-0.2, -0.15) is 0 Å². The molecule has 0 fully saturated rings. The monoisotopic (exact) mass is 291 g/mol. The summed E-state index contributed by atoms with van der Waals surface area (Å²) in [5, 5.41) is 2.54. The van der Waals surface area contributed by atoms with Crippen LogP contribution >= 0.6 is 12.2 Å². The molecule has 1 amide bonds. The molecular weight excluding hydrogens is 281 g/mol. The maximum Gasteiger partial charge on any atom is 0.255 e. The quantitative estimate of drug-likeness (QED) is 0.746. The maximum atomic E-state index is 13.1. The van der Waals surface area contributed by atoms with Gasteiger partial charge in [0.2, 0.25) is 5.56 Å². The predicted molar refractivity (Wildman–Crippen MR) is 77.3 cm³/mol. The number of H-pyrrole nitrogens is 1. The molecule has 0 aliphatic heterocycles. The van der Waals surface area contributed by atoms with Gasteiger partial charge < -0.3 is 16.0 Å². The fourth-order valence-corrected chi connectivity index (χ4v) is 1.78. The Morgan fingerprint density at radius 2 is 2.05 bits per heavy atom. The number of amides is 1. The van der Waals surface area contributed by atoms with Crippen molar-refractivity contribution in [3.05, 3.63) is 63.8 Å². The molecule has 0 saturated heterocycles. The summed E-state index contributed by atoms with van der Waals surface area (Å²) in [7, 11) is 0. The van der Waals surface area contributed by atoms with Gasteiger partial charge in [0.1, 0.15) is 10.8 Å². The normalized spacial score (nSPS) is 10.1. The Kier molecular flexibility index (Phi) is 3.90. The first-order chi connectivity index (χ1) is 9.47. The zero-order valence-electron chi connectivity index (χ0n) is 10.1. The van der Waals surface area contributed by atoms with E-state index >= 15 is 0 Å². The van der Waals surface area contributed by atoms with E-state index in [2.05, 4.69) is 10.3 Å². The van der Waals surface area contributed by atoms with E-state index in [1.807, 2.05) is 0 Å². The van der Waals surface area contributed by atoms with E-state index in [1.165, 1.54) is 24.4 Å². The molecule has 102 valence electrons. The highest BCUT2D eigenvalue weighted by Crippen LogP contribution is 2.17. The van der Waals surface area contributed by atoms with E-state index in [0.29, 0.717) is 0 Å². The second-order valence-corrected chi connectivity index (χ2v) is 4.39. The highest BCUT2D eigenvalue weighted by Gasteiger charge is 2.12. The van der Waals surface area contributed by atoms with Gasteiger partial charge in [-0.05, 0) is 24.3 Å². The Morgan fingerprint density at radius 3 is 2.70 bits per heavy atom. The van der Waals surface area contributed by atoms with Crippen molar-refractivity contribution in [1.82, 2.24) is 4.98 Å². The van der Waals surface area contributed by atoms with E-state index in [9.17, 15) is 14.0 Å². The Morgan fingerprint density at radius 1 is 1.30 bits per heavy atom. The second kappa shape index (κ2) is 5.62. The molecule has 1 aromatic carbocycles. The van der Waals surface area contributed by atoms with Gasteiger partial charge in [0.25, 0.3) is 5.91 Å². The van der Waals surface area contributed by atoms with Crippen molar-refractivity contribution < 1.29 is 9.18 Å². The van der Waals surface area contributed by atoms with Crippen LogP contribution in [0.5, 0.6) is 0 Å². The molecule has 1 aromatic heterocycles. The van der Waals surface area contributed by atoms with Crippen molar-refractivity contribution in [1.29, 1.82) is 0 Å². The summed E-state index contributed by atoms with van der Waals surface area (Å²) in [5.74, 6) is -1.03. The number of nitrogens with two attached hydrogens (primary N) is 1. The highest BCUT2D eigenvalue weighted by molar-refractivity contribution is 7.80. The average Bonchev–Trinajstić information content (AvgIpc) is 2.40. The van der Waals surface area contributed by atoms with Crippen LogP contribution in [-0.4, -0.2) is 15.9 Å². The van der Waals surface area contributed by atoms with Crippen LogP contribution in [0.1, 0.15) is 15.9 Å². The molecule has 0 aliphatic carbocycles. The van der Waals surface area contributed by atoms with Crippen LogP contribution in [0.3, 0.4) is 0 Å². The van der Waals surface area contributed by atoms with E-state index in [4.69, 9.17) is 18.0 Å². The smallest absolute Gasteiger partial charge is 0.255 e. The number of aromatic amines is 1. The van der Waals surface area contributed by atoms with Gasteiger partial charge in [-0.1, -0.05) is 12.2 Å². The Hall–Kier alpha value is -2.54. The number of thiocarbonyl (C=S) groups is 1. The number of nitrogens with one attached hydrogen (secondary N) is 2. The molecule has 7 heteroatoms. The van der Waals surface area contributed by atoms with E-state index in [1.54, 1.807) is 0 Å². The Bertz CT molecular complexity index is 742. The molecular formula is C13H10FN3O2S. The number of benzene rings is 1. The lowest BCUT2D eigenvalue weighted by atomic mass is 10.1. The maximum absolute atomic E-state index is 13.1. The molecule has 4 N–H and O–H groups in total. The van der Waals surface area contributed by atoms with Crippen LogP contribution in [0, 0.1) is 5.82 Å². The molecule has 2 aromatic rings. The molecule has 0 unspecified atom stereocenters. The number of rotatable bonds is 3. The number of anilines is 1. The van der Waals surface area contributed by atoms with Gasteiger partial charge in [0.05, 0.1) is 5.69 Å². The molecule has 1 heterocycles. The van der Waals surface area contributed by atoms with Crippen LogP contribution in [0.15, 0.2) is 41.3 Å². The molecule has 5 nitrogen and oxygen atoms in total. The van der Waals surface area contributed by atoms with Crippen molar-refractivity contribution in [3.8, 4) is 0 Å². The lowest BCUT2D eigenvalue weighted by Gasteiger charge is -2.10. The molecule has 0 spiro atoms. The van der Waals surface area contributed by atoms with Gasteiger partial charge in [0.15, 0.2) is 0 Å². The lowest BCUT2D eigenvalue weighted by molar-refractivity contribution is 0.102. The topological polar surface area (TPSA) is 88.0 Å². The summed E-state index contributed by atoms with van der Waals surface area (Å²) < 4.78 is 13.1. The standard InChI is InChI=1S/C13H10FN3O2S/c14-8-1-2-10(9(6-8)12(15)20)17-13(19)7-3-4-16-11(18)5-7/h1-6H,(H2,15,20)(H,16,18)(H,17,19). The van der Waals surface area contributed by atoms with Gasteiger partial charge in [-0.3, -0.25) is 9.59 Å². The van der Waals surface area contributed by atoms with Crippen LogP contribution in [0.4, 0.5) is 10.1 Å². The highest BCUT2D eigenvalue weighted by atomic mass is 32.1. The number of carbonyl (C=O) groups is 1. The number of carbonyl (C=O) groups excluding carboxylic acids is 1. The molecule has 0 atom stereocenters. The zero-order valence-corrected chi connectivity index (χ0v) is 11.0. The van der Waals surface area contributed by atoms with Crippen molar-refractivity contribution in [3.63, 3.8) is 0 Å². The largest absolute Gasteiger partial charge is 0.389 e. The number of hydrogen-bond acceptors (Lipinski definition) is 3. The molecule has 0 bridgehead atoms. The van der Waals surface area contributed by atoms with Crippen LogP contribution in [-0.2, 0) is 0 Å². The van der Waals surface area contributed by atoms with Crippen molar-refractivity contribution >= 4 is 28.8 Å². The molecule has 20 heavy (non-hydrogen) atoms. The van der Waals surface area contributed by atoms with E-state index in [-0.39, 0.29) is 21.8 Å². The Balaban J connectivity index is 2.33. The summed E-state index contributed by atoms with van der Waals surface area (Å²) >= 11 is 4.80. The minimum atomic E-state index is -0.514. The number of aromatic nitrogens is 1. The second-order valence-electron chi connectivity index (χ2n) is 3.95. The minimum Gasteiger partial charge on any atom is -0.389 e. The first-order valence-electron chi connectivity index (χ1n) is 5.57. The van der Waals surface area contributed by atoms with Crippen LogP contribution < -0.4 is 16.6 Å².